The molecule has 0 aliphatic heterocycles. The van der Waals surface area contributed by atoms with Crippen molar-refractivity contribution < 1.29 is 34.5 Å². The number of hydrogen-bond donors (Lipinski definition) is 6. The number of phenolic OH excluding ortho intramolecular Hbond substituents is 2. The molecular weight excluding hydrogens is 528 g/mol. The van der Waals surface area contributed by atoms with E-state index in [1.54, 1.807) is 18.2 Å². The van der Waals surface area contributed by atoms with Crippen molar-refractivity contribution in [1.29, 1.82) is 0 Å². The van der Waals surface area contributed by atoms with E-state index in [9.17, 15) is 25.0 Å². The van der Waals surface area contributed by atoms with E-state index in [0.29, 0.717) is 29.3 Å². The largest absolute Gasteiger partial charge is 0.504 e. The lowest BCUT2D eigenvalue weighted by Gasteiger charge is -2.23. The molecule has 0 spiro atoms. The minimum atomic E-state index is -1.14. The molecule has 0 aliphatic rings. The van der Waals surface area contributed by atoms with Gasteiger partial charge in [-0.25, -0.2) is 5.06 Å². The number of ketones is 1. The molecule has 0 fully saturated rings. The van der Waals surface area contributed by atoms with Gasteiger partial charge in [-0.1, -0.05) is 18.2 Å². The second-order valence-electron chi connectivity index (χ2n) is 9.27. The molecule has 11 nitrogen and oxygen atoms in total. The van der Waals surface area contributed by atoms with Gasteiger partial charge in [0.25, 0.3) is 5.91 Å². The Hall–Kier alpha value is -3.90. The molecule has 0 saturated carbocycles. The number of methoxy groups -OCH3 is 2. The first-order chi connectivity index (χ1) is 19.8. The molecule has 0 aliphatic carbocycles. The van der Waals surface area contributed by atoms with Crippen LogP contribution >= 0.6 is 0 Å². The summed E-state index contributed by atoms with van der Waals surface area (Å²) in [6, 6.07) is 8.03. The van der Waals surface area contributed by atoms with Gasteiger partial charge in [0.1, 0.15) is 6.04 Å². The molecular formula is C30H42N4O7. The van der Waals surface area contributed by atoms with Crippen LogP contribution in [0.25, 0.3) is 12.2 Å². The predicted molar refractivity (Wildman–Crippen MR) is 158 cm³/mol. The number of benzene rings is 2. The number of hydroxylamine groups is 2. The number of ether oxygens (including phenoxy) is 2. The lowest BCUT2D eigenvalue weighted by molar-refractivity contribution is -0.173. The van der Waals surface area contributed by atoms with Gasteiger partial charge in [-0.3, -0.25) is 14.8 Å². The fourth-order valence-electron chi connectivity index (χ4n) is 3.88. The van der Waals surface area contributed by atoms with Crippen molar-refractivity contribution in [2.24, 2.45) is 5.73 Å². The number of hydrogen-bond acceptors (Lipinski definition) is 10. The summed E-state index contributed by atoms with van der Waals surface area (Å²) in [5, 5.41) is 37.3. The normalized spacial score (nSPS) is 12.1. The van der Waals surface area contributed by atoms with Gasteiger partial charge in [0.05, 0.1) is 14.2 Å². The first-order valence-corrected chi connectivity index (χ1v) is 13.6. The molecule has 11 heteroatoms. The van der Waals surface area contributed by atoms with Gasteiger partial charge in [-0.2, -0.15) is 0 Å². The van der Waals surface area contributed by atoms with Crippen LogP contribution in [0, 0.1) is 0 Å². The molecule has 1 atom stereocenters. The van der Waals surface area contributed by atoms with Crippen LogP contribution in [0.4, 0.5) is 0 Å². The maximum absolute atomic E-state index is 13.1. The van der Waals surface area contributed by atoms with Crippen molar-refractivity contribution in [3.8, 4) is 23.0 Å². The van der Waals surface area contributed by atoms with Gasteiger partial charge in [-0.05, 0) is 106 Å². The molecule has 0 aromatic heterocycles. The summed E-state index contributed by atoms with van der Waals surface area (Å²) in [7, 11) is 2.83. The summed E-state index contributed by atoms with van der Waals surface area (Å²) in [6.07, 6.45) is 8.44. The smallest absolute Gasteiger partial charge is 0.270 e. The highest BCUT2D eigenvalue weighted by atomic mass is 16.5. The molecule has 0 radical (unpaired) electrons. The van der Waals surface area contributed by atoms with Gasteiger partial charge >= 0.3 is 0 Å². The Morgan fingerprint density at radius 2 is 1.37 bits per heavy atom. The number of rotatable bonds is 19. The molecule has 0 saturated heterocycles. The Morgan fingerprint density at radius 1 is 0.854 bits per heavy atom. The van der Waals surface area contributed by atoms with E-state index in [-0.39, 0.29) is 29.4 Å². The second kappa shape index (κ2) is 18.4. The minimum Gasteiger partial charge on any atom is -0.504 e. The van der Waals surface area contributed by atoms with Crippen LogP contribution in [-0.4, -0.2) is 85.2 Å². The highest BCUT2D eigenvalue weighted by Gasteiger charge is 2.26. The summed E-state index contributed by atoms with van der Waals surface area (Å²) in [5.74, 6) is -0.834. The van der Waals surface area contributed by atoms with Crippen molar-refractivity contribution >= 4 is 23.8 Å². The molecule has 41 heavy (non-hydrogen) atoms. The molecule has 1 unspecified atom stereocenters. The molecule has 224 valence electrons. The number of carbonyl (C=O) groups excluding carboxylic acids is 2. The Balaban J connectivity index is 2.05. The van der Waals surface area contributed by atoms with Crippen LogP contribution in [0.15, 0.2) is 48.6 Å². The average molecular weight is 571 g/mol. The average Bonchev–Trinajstić information content (AvgIpc) is 2.98. The topological polar surface area (TPSA) is 167 Å². The highest BCUT2D eigenvalue weighted by molar-refractivity contribution is 6.01. The molecule has 2 aromatic carbocycles. The Bertz CT molecular complexity index is 1170. The summed E-state index contributed by atoms with van der Waals surface area (Å²) in [5.41, 5.74) is 6.64. The van der Waals surface area contributed by atoms with Crippen molar-refractivity contribution in [3.05, 3.63) is 59.7 Å². The third kappa shape index (κ3) is 11.6. The van der Waals surface area contributed by atoms with E-state index in [0.717, 1.165) is 45.0 Å². The number of amides is 1. The number of aromatic hydroxyl groups is 2. The predicted octanol–water partition coefficient (Wildman–Crippen LogP) is 2.70. The highest BCUT2D eigenvalue weighted by Crippen LogP contribution is 2.27. The standard InChI is InChI=1S/C30H42N4O7/c1-40-28-20-22(7-11-26(28)36)6-10-25(35)24(14-19-33-17-4-3-16-32-18-5-15-31)34(39)30(38)13-9-23-8-12-27(37)29(21-23)41-2/h6-13,20-21,24,32-33,36-37,39H,3-5,14-19,31H2,1-2H3/b10-6+,13-9+. The van der Waals surface area contributed by atoms with Crippen LogP contribution in [0.3, 0.4) is 0 Å². The number of nitrogens with two attached hydrogens (primary N) is 1. The fourth-order valence-corrected chi connectivity index (χ4v) is 3.88. The molecule has 2 aromatic rings. The molecule has 0 bridgehead atoms. The molecule has 2 rings (SSSR count). The Morgan fingerprint density at radius 3 is 1.90 bits per heavy atom. The van der Waals surface area contributed by atoms with E-state index in [1.807, 2.05) is 0 Å². The molecule has 7 N–H and O–H groups in total. The maximum atomic E-state index is 13.1. The number of carbonyl (C=O) groups is 2. The second-order valence-corrected chi connectivity index (χ2v) is 9.27. The van der Waals surface area contributed by atoms with E-state index in [4.69, 9.17) is 15.2 Å². The lowest BCUT2D eigenvalue weighted by atomic mass is 10.1. The van der Waals surface area contributed by atoms with E-state index in [2.05, 4.69) is 10.6 Å². The van der Waals surface area contributed by atoms with Gasteiger partial charge < -0.3 is 36.1 Å². The van der Waals surface area contributed by atoms with Crippen LogP contribution < -0.4 is 25.8 Å². The fraction of sp³-hybridized carbons (Fsp3) is 0.400. The summed E-state index contributed by atoms with van der Waals surface area (Å²) >= 11 is 0. The third-order valence-electron chi connectivity index (χ3n) is 6.22. The van der Waals surface area contributed by atoms with E-state index >= 15 is 0 Å². The number of phenols is 2. The van der Waals surface area contributed by atoms with Gasteiger partial charge in [0.15, 0.2) is 28.8 Å². The van der Waals surface area contributed by atoms with Crippen LogP contribution in [0.5, 0.6) is 23.0 Å². The number of nitrogens with one attached hydrogen (secondary N) is 2. The molecule has 1 amide bonds. The Labute approximate surface area is 241 Å². The lowest BCUT2D eigenvalue weighted by Crippen LogP contribution is -2.43. The summed E-state index contributed by atoms with van der Waals surface area (Å²) < 4.78 is 10.2. The van der Waals surface area contributed by atoms with Crippen molar-refractivity contribution in [2.45, 2.75) is 31.7 Å². The maximum Gasteiger partial charge on any atom is 0.270 e. The zero-order valence-corrected chi connectivity index (χ0v) is 23.7. The first-order valence-electron chi connectivity index (χ1n) is 13.6. The van der Waals surface area contributed by atoms with Crippen molar-refractivity contribution in [3.63, 3.8) is 0 Å². The van der Waals surface area contributed by atoms with E-state index in [1.165, 1.54) is 50.6 Å². The third-order valence-corrected chi connectivity index (χ3v) is 6.22. The first kappa shape index (κ1) is 33.3. The van der Waals surface area contributed by atoms with Gasteiger partial charge in [0, 0.05) is 6.08 Å². The summed E-state index contributed by atoms with van der Waals surface area (Å²) in [4.78, 5) is 25.9. The quantitative estimate of drug-likeness (QED) is 0.0640. The van der Waals surface area contributed by atoms with Crippen molar-refractivity contribution in [2.75, 3.05) is 46.9 Å². The van der Waals surface area contributed by atoms with Crippen LogP contribution in [0.1, 0.15) is 36.8 Å². The SMILES string of the molecule is COc1cc(/C=C/C(=O)C(CCNCCCCNCCCN)N(O)C(=O)/C=C/c2ccc(O)c(OC)c2)ccc1O. The zero-order chi connectivity index (χ0) is 30.0. The van der Waals surface area contributed by atoms with Crippen LogP contribution in [-0.2, 0) is 9.59 Å². The minimum absolute atomic E-state index is 0.0311. The Kier molecular flexibility index (Phi) is 15.0. The van der Waals surface area contributed by atoms with E-state index < -0.39 is 17.7 Å². The molecule has 0 heterocycles. The van der Waals surface area contributed by atoms with Gasteiger partial charge in [-0.15, -0.1) is 0 Å². The summed E-state index contributed by atoms with van der Waals surface area (Å²) in [6.45, 7) is 3.59. The number of unbranched alkanes of at least 4 members (excludes halogenated alkanes) is 1. The van der Waals surface area contributed by atoms with Gasteiger partial charge in [0.2, 0.25) is 0 Å². The van der Waals surface area contributed by atoms with Crippen LogP contribution in [0.2, 0.25) is 0 Å². The number of nitrogens with zero attached hydrogens (tertiary/aromatic N) is 1. The monoisotopic (exact) mass is 570 g/mol. The zero-order valence-electron chi connectivity index (χ0n) is 23.7. The van der Waals surface area contributed by atoms with Crippen molar-refractivity contribution in [1.82, 2.24) is 15.7 Å².